The Balaban J connectivity index is 1.61. The second-order valence-corrected chi connectivity index (χ2v) is 6.49. The van der Waals surface area contributed by atoms with E-state index < -0.39 is 0 Å². The lowest BCUT2D eigenvalue weighted by molar-refractivity contribution is -0.127. The van der Waals surface area contributed by atoms with Crippen molar-refractivity contribution in [3.05, 3.63) is 23.0 Å². The molecule has 5 heteroatoms. The Morgan fingerprint density at radius 3 is 2.68 bits per heavy atom. The summed E-state index contributed by atoms with van der Waals surface area (Å²) < 4.78 is 7.72. The van der Waals surface area contributed by atoms with Gasteiger partial charge in [-0.25, -0.2) is 4.79 Å². The van der Waals surface area contributed by atoms with Crippen molar-refractivity contribution < 1.29 is 14.3 Å². The highest BCUT2D eigenvalue weighted by Crippen LogP contribution is 2.38. The van der Waals surface area contributed by atoms with Crippen LogP contribution < -0.4 is 0 Å². The van der Waals surface area contributed by atoms with Crippen LogP contribution in [0.2, 0.25) is 0 Å². The van der Waals surface area contributed by atoms with E-state index >= 15 is 0 Å². The van der Waals surface area contributed by atoms with Crippen LogP contribution in [0.15, 0.2) is 6.07 Å². The van der Waals surface area contributed by atoms with Crippen molar-refractivity contribution >= 4 is 11.9 Å². The predicted octanol–water partition coefficient (Wildman–Crippen LogP) is 2.47. The molecule has 1 amide bonds. The van der Waals surface area contributed by atoms with Gasteiger partial charge < -0.3 is 14.2 Å². The van der Waals surface area contributed by atoms with Crippen LogP contribution in [0.5, 0.6) is 0 Å². The normalized spacial score (nSPS) is 21.5. The van der Waals surface area contributed by atoms with Crippen molar-refractivity contribution in [2.75, 3.05) is 19.7 Å². The second kappa shape index (κ2) is 5.78. The first kappa shape index (κ1) is 15.1. The fourth-order valence-electron chi connectivity index (χ4n) is 3.42. The Kier molecular flexibility index (Phi) is 3.98. The molecule has 1 atom stereocenters. The Hall–Kier alpha value is -1.78. The minimum Gasteiger partial charge on any atom is -0.462 e. The second-order valence-electron chi connectivity index (χ2n) is 6.49. The topological polar surface area (TPSA) is 51.5 Å². The highest BCUT2D eigenvalue weighted by molar-refractivity contribution is 5.91. The molecule has 2 heterocycles. The zero-order valence-corrected chi connectivity index (χ0v) is 13.6. The van der Waals surface area contributed by atoms with Gasteiger partial charge in [-0.15, -0.1) is 0 Å². The predicted molar refractivity (Wildman–Crippen MR) is 82.8 cm³/mol. The molecule has 5 nitrogen and oxygen atoms in total. The summed E-state index contributed by atoms with van der Waals surface area (Å²) in [5, 5.41) is 0. The molecule has 2 aliphatic rings. The average molecular weight is 304 g/mol. The first-order valence-electron chi connectivity index (χ1n) is 8.14. The van der Waals surface area contributed by atoms with E-state index in [2.05, 4.69) is 4.57 Å². The maximum Gasteiger partial charge on any atom is 0.339 e. The Morgan fingerprint density at radius 1 is 1.36 bits per heavy atom. The van der Waals surface area contributed by atoms with Crippen LogP contribution in [0, 0.1) is 19.8 Å². The summed E-state index contributed by atoms with van der Waals surface area (Å²) in [5.41, 5.74) is 2.80. The van der Waals surface area contributed by atoms with E-state index in [1.54, 1.807) is 0 Å². The number of aryl methyl sites for hydroxylation is 1. The molecule has 1 saturated carbocycles. The largest absolute Gasteiger partial charge is 0.462 e. The van der Waals surface area contributed by atoms with Gasteiger partial charge in [-0.05, 0) is 39.7 Å². The van der Waals surface area contributed by atoms with Crippen molar-refractivity contribution in [3.8, 4) is 0 Å². The maximum atomic E-state index is 12.3. The van der Waals surface area contributed by atoms with Crippen molar-refractivity contribution in [2.24, 2.45) is 5.92 Å². The van der Waals surface area contributed by atoms with E-state index in [1.807, 2.05) is 31.7 Å². The van der Waals surface area contributed by atoms with Gasteiger partial charge in [0.2, 0.25) is 5.91 Å². The minimum absolute atomic E-state index is 0.128. The first-order valence-corrected chi connectivity index (χ1v) is 8.14. The van der Waals surface area contributed by atoms with Gasteiger partial charge in [0, 0.05) is 42.9 Å². The summed E-state index contributed by atoms with van der Waals surface area (Å²) in [7, 11) is 0. The quantitative estimate of drug-likeness (QED) is 0.785. The van der Waals surface area contributed by atoms with Crippen LogP contribution in [-0.4, -0.2) is 41.0 Å². The zero-order valence-electron chi connectivity index (χ0n) is 13.6. The van der Waals surface area contributed by atoms with Crippen LogP contribution in [-0.2, 0) is 9.53 Å². The standard InChI is InChI=1S/C17H24N2O3/c1-4-18-9-13(8-16(18)20)10-22-17(21)15-7-11(2)19(12(15)3)14-5-6-14/h7,13-14H,4-6,8-10H2,1-3H3/t13-/m1/s1. The summed E-state index contributed by atoms with van der Waals surface area (Å²) in [4.78, 5) is 25.8. The number of ether oxygens (including phenoxy) is 1. The highest BCUT2D eigenvalue weighted by Gasteiger charge is 2.31. The molecular formula is C17H24N2O3. The molecule has 0 aromatic carbocycles. The van der Waals surface area contributed by atoms with E-state index in [9.17, 15) is 9.59 Å². The van der Waals surface area contributed by atoms with E-state index in [-0.39, 0.29) is 17.8 Å². The number of hydrogen-bond donors (Lipinski definition) is 0. The van der Waals surface area contributed by atoms with E-state index in [0.29, 0.717) is 31.2 Å². The highest BCUT2D eigenvalue weighted by atomic mass is 16.5. The Labute approximate surface area is 131 Å². The Morgan fingerprint density at radius 2 is 2.09 bits per heavy atom. The molecule has 0 spiro atoms. The lowest BCUT2D eigenvalue weighted by atomic mass is 10.1. The zero-order chi connectivity index (χ0) is 15.9. The third kappa shape index (κ3) is 2.76. The number of rotatable bonds is 5. The molecule has 1 aromatic heterocycles. The molecule has 1 aliphatic heterocycles. The Bertz CT molecular complexity index is 601. The summed E-state index contributed by atoms with van der Waals surface area (Å²) in [6.45, 7) is 7.75. The summed E-state index contributed by atoms with van der Waals surface area (Å²) in [6, 6.07) is 2.49. The molecule has 1 aromatic rings. The fourth-order valence-corrected chi connectivity index (χ4v) is 3.42. The van der Waals surface area contributed by atoms with E-state index in [4.69, 9.17) is 4.74 Å². The molecular weight excluding hydrogens is 280 g/mol. The SMILES string of the molecule is CCN1C[C@H](COC(=O)c2cc(C)n(C3CC3)c2C)CC1=O. The van der Waals surface area contributed by atoms with E-state index in [0.717, 1.165) is 17.9 Å². The number of likely N-dealkylation sites (tertiary alicyclic amines) is 1. The number of esters is 1. The first-order chi connectivity index (χ1) is 10.5. The van der Waals surface area contributed by atoms with Crippen molar-refractivity contribution in [2.45, 2.75) is 46.1 Å². The van der Waals surface area contributed by atoms with Crippen LogP contribution in [0.4, 0.5) is 0 Å². The summed E-state index contributed by atoms with van der Waals surface area (Å²) in [6.07, 6.45) is 2.88. The lowest BCUT2D eigenvalue weighted by Crippen LogP contribution is -2.25. The molecule has 0 N–H and O–H groups in total. The molecule has 3 rings (SSSR count). The van der Waals surface area contributed by atoms with Crippen molar-refractivity contribution in [1.29, 1.82) is 0 Å². The van der Waals surface area contributed by atoms with E-state index in [1.165, 1.54) is 12.8 Å². The van der Waals surface area contributed by atoms with Crippen LogP contribution in [0.3, 0.4) is 0 Å². The smallest absolute Gasteiger partial charge is 0.339 e. The average Bonchev–Trinajstić information content (AvgIpc) is 3.18. The molecule has 1 saturated heterocycles. The van der Waals surface area contributed by atoms with Gasteiger partial charge in [0.05, 0.1) is 12.2 Å². The number of carbonyl (C=O) groups excluding carboxylic acids is 2. The number of amides is 1. The van der Waals surface area contributed by atoms with Gasteiger partial charge in [0.1, 0.15) is 0 Å². The third-order valence-electron chi connectivity index (χ3n) is 4.74. The maximum absolute atomic E-state index is 12.3. The van der Waals surface area contributed by atoms with Crippen LogP contribution in [0.1, 0.15) is 54.0 Å². The van der Waals surface area contributed by atoms with Gasteiger partial charge in [-0.1, -0.05) is 0 Å². The van der Waals surface area contributed by atoms with Gasteiger partial charge in [-0.2, -0.15) is 0 Å². The number of nitrogens with zero attached hydrogens (tertiary/aromatic N) is 2. The van der Waals surface area contributed by atoms with Crippen molar-refractivity contribution in [1.82, 2.24) is 9.47 Å². The molecule has 2 fully saturated rings. The van der Waals surface area contributed by atoms with Gasteiger partial charge >= 0.3 is 5.97 Å². The number of carbonyl (C=O) groups is 2. The van der Waals surface area contributed by atoms with Gasteiger partial charge in [0.25, 0.3) is 0 Å². The lowest BCUT2D eigenvalue weighted by Gasteiger charge is -2.13. The van der Waals surface area contributed by atoms with Crippen LogP contribution >= 0.6 is 0 Å². The molecule has 0 bridgehead atoms. The number of hydrogen-bond acceptors (Lipinski definition) is 3. The van der Waals surface area contributed by atoms with Crippen molar-refractivity contribution in [3.63, 3.8) is 0 Å². The van der Waals surface area contributed by atoms with Gasteiger partial charge in [0.15, 0.2) is 0 Å². The molecule has 0 radical (unpaired) electrons. The molecule has 22 heavy (non-hydrogen) atoms. The summed E-state index contributed by atoms with van der Waals surface area (Å²) >= 11 is 0. The summed E-state index contributed by atoms with van der Waals surface area (Å²) in [5.74, 6) is 0.0289. The number of aromatic nitrogens is 1. The van der Waals surface area contributed by atoms with Crippen LogP contribution in [0.25, 0.3) is 0 Å². The fraction of sp³-hybridized carbons (Fsp3) is 0.647. The molecule has 120 valence electrons. The monoisotopic (exact) mass is 304 g/mol. The van der Waals surface area contributed by atoms with Gasteiger partial charge in [-0.3, -0.25) is 4.79 Å². The third-order valence-corrected chi connectivity index (χ3v) is 4.74. The molecule has 0 unspecified atom stereocenters. The minimum atomic E-state index is -0.262. The molecule has 1 aliphatic carbocycles.